The summed E-state index contributed by atoms with van der Waals surface area (Å²) >= 11 is 2.81. The predicted molar refractivity (Wildman–Crippen MR) is 183 cm³/mol. The lowest BCUT2D eigenvalue weighted by Crippen LogP contribution is -2.32. The summed E-state index contributed by atoms with van der Waals surface area (Å²) in [5.74, 6) is -3.17. The van der Waals surface area contributed by atoms with Crippen molar-refractivity contribution >= 4 is 47.4 Å². The third-order valence-electron chi connectivity index (χ3n) is 8.26. The van der Waals surface area contributed by atoms with E-state index in [1.807, 2.05) is 48.5 Å². The van der Waals surface area contributed by atoms with E-state index in [0.717, 1.165) is 9.79 Å². The van der Waals surface area contributed by atoms with E-state index in [-0.39, 0.29) is 0 Å². The summed E-state index contributed by atoms with van der Waals surface area (Å²) in [5.41, 5.74) is -0.970. The molecule has 0 fully saturated rings. The van der Waals surface area contributed by atoms with E-state index in [0.29, 0.717) is 44.9 Å². The quantitative estimate of drug-likeness (QED) is 0.124. The first-order valence-electron chi connectivity index (χ1n) is 14.7. The van der Waals surface area contributed by atoms with Crippen LogP contribution in [-0.2, 0) is 30.0 Å². The molecular weight excluding hydrogens is 625 g/mol. The third kappa shape index (κ3) is 7.78. The number of hydrogen-bond donors (Lipinski definition) is 4. The standard InChI is InChI=1S/C36H42O8S2/c1-33(2,29(37)38)19-45-23-13-9-21(10-14-23)27-25(35(5,6)31(41)42)17-18-26(36(7,8)32(43)44)28(27)22-11-15-24(16-12-22)46-20-34(3,4)30(39)40/h9-18H,19-20H2,1-8H3,(H,37,38)(H,39,40)(H,41,42)(H,43,44). The topological polar surface area (TPSA) is 149 Å². The van der Waals surface area contributed by atoms with Gasteiger partial charge in [0.25, 0.3) is 0 Å². The van der Waals surface area contributed by atoms with Crippen LogP contribution in [0.1, 0.15) is 66.5 Å². The van der Waals surface area contributed by atoms with Crippen LogP contribution in [-0.4, -0.2) is 55.8 Å². The zero-order chi connectivity index (χ0) is 34.8. The zero-order valence-corrected chi connectivity index (χ0v) is 29.1. The van der Waals surface area contributed by atoms with Crippen LogP contribution >= 0.6 is 23.5 Å². The van der Waals surface area contributed by atoms with Crippen molar-refractivity contribution in [2.75, 3.05) is 11.5 Å². The molecule has 0 amide bonds. The molecule has 4 N–H and O–H groups in total. The fraction of sp³-hybridized carbons (Fsp3) is 0.389. The Balaban J connectivity index is 2.28. The average Bonchev–Trinajstić information content (AvgIpc) is 2.98. The van der Waals surface area contributed by atoms with Crippen molar-refractivity contribution in [3.63, 3.8) is 0 Å². The molecule has 0 unspecified atom stereocenters. The number of rotatable bonds is 14. The Morgan fingerprint density at radius 3 is 1.00 bits per heavy atom. The van der Waals surface area contributed by atoms with Crippen molar-refractivity contribution < 1.29 is 39.6 Å². The van der Waals surface area contributed by atoms with Crippen molar-refractivity contribution in [3.8, 4) is 22.3 Å². The molecule has 0 aliphatic carbocycles. The van der Waals surface area contributed by atoms with Crippen molar-refractivity contribution in [3.05, 3.63) is 71.8 Å². The van der Waals surface area contributed by atoms with Crippen LogP contribution in [0.5, 0.6) is 0 Å². The molecule has 0 aromatic heterocycles. The number of carboxylic acids is 4. The first-order valence-corrected chi connectivity index (χ1v) is 16.7. The van der Waals surface area contributed by atoms with E-state index in [9.17, 15) is 39.6 Å². The van der Waals surface area contributed by atoms with Gasteiger partial charge in [0.2, 0.25) is 0 Å². The summed E-state index contributed by atoms with van der Waals surface area (Å²) in [6, 6.07) is 18.2. The molecule has 0 aliphatic rings. The number of carbonyl (C=O) groups is 4. The highest BCUT2D eigenvalue weighted by molar-refractivity contribution is 7.99. The van der Waals surface area contributed by atoms with Crippen LogP contribution < -0.4 is 0 Å². The molecule has 3 aromatic carbocycles. The van der Waals surface area contributed by atoms with E-state index >= 15 is 0 Å². The minimum Gasteiger partial charge on any atom is -0.481 e. The molecule has 246 valence electrons. The monoisotopic (exact) mass is 666 g/mol. The highest BCUT2D eigenvalue weighted by atomic mass is 32.2. The van der Waals surface area contributed by atoms with Crippen molar-refractivity contribution in [2.45, 2.75) is 76.0 Å². The van der Waals surface area contributed by atoms with Crippen molar-refractivity contribution in [2.24, 2.45) is 10.8 Å². The largest absolute Gasteiger partial charge is 0.481 e. The van der Waals surface area contributed by atoms with Gasteiger partial charge < -0.3 is 20.4 Å². The van der Waals surface area contributed by atoms with Crippen LogP contribution in [0.2, 0.25) is 0 Å². The van der Waals surface area contributed by atoms with Crippen LogP contribution in [0.15, 0.2) is 70.5 Å². The normalized spacial score (nSPS) is 12.5. The molecule has 0 saturated carbocycles. The second-order valence-corrected chi connectivity index (χ2v) is 15.9. The van der Waals surface area contributed by atoms with Gasteiger partial charge in [0.15, 0.2) is 0 Å². The number of benzene rings is 3. The maximum absolute atomic E-state index is 12.6. The Kier molecular flexibility index (Phi) is 10.8. The first kappa shape index (κ1) is 36.7. The van der Waals surface area contributed by atoms with Crippen molar-refractivity contribution in [1.82, 2.24) is 0 Å². The summed E-state index contributed by atoms with van der Waals surface area (Å²) < 4.78 is 0. The van der Waals surface area contributed by atoms with Gasteiger partial charge in [-0.05, 0) is 113 Å². The molecule has 0 saturated heterocycles. The number of hydrogen-bond acceptors (Lipinski definition) is 6. The van der Waals surface area contributed by atoms with Gasteiger partial charge in [-0.15, -0.1) is 23.5 Å². The zero-order valence-electron chi connectivity index (χ0n) is 27.4. The minimum atomic E-state index is -1.34. The minimum absolute atomic E-state index is 0.348. The first-order chi connectivity index (χ1) is 21.1. The maximum Gasteiger partial charge on any atom is 0.313 e. The fourth-order valence-corrected chi connectivity index (χ4v) is 6.52. The Labute approximate surface area is 278 Å². The number of carboxylic acid groups (broad SMARTS) is 4. The Bertz CT molecular complexity index is 1510. The molecule has 3 aromatic rings. The molecule has 0 heterocycles. The van der Waals surface area contributed by atoms with E-state index in [4.69, 9.17) is 0 Å². The van der Waals surface area contributed by atoms with Gasteiger partial charge in [-0.25, -0.2) is 0 Å². The molecular formula is C36H42O8S2. The van der Waals surface area contributed by atoms with Crippen molar-refractivity contribution in [1.29, 1.82) is 0 Å². The molecule has 0 atom stereocenters. The molecule has 0 radical (unpaired) electrons. The lowest BCUT2D eigenvalue weighted by molar-refractivity contribution is -0.146. The molecule has 46 heavy (non-hydrogen) atoms. The highest BCUT2D eigenvalue weighted by Crippen LogP contribution is 2.46. The Morgan fingerprint density at radius 2 is 0.761 bits per heavy atom. The van der Waals surface area contributed by atoms with Gasteiger partial charge in [-0.2, -0.15) is 0 Å². The van der Waals surface area contributed by atoms with E-state index in [2.05, 4.69) is 0 Å². The summed E-state index contributed by atoms with van der Waals surface area (Å²) in [6.45, 7) is 13.1. The molecule has 8 nitrogen and oxygen atoms in total. The SMILES string of the molecule is CC(C)(CSc1ccc(-c2c(C(C)(C)C(=O)O)ccc(C(C)(C)C(=O)O)c2-c2ccc(SCC(C)(C)C(=O)O)cc2)cc1)C(=O)O. The van der Waals surface area contributed by atoms with Crippen LogP contribution in [0.4, 0.5) is 0 Å². The van der Waals surface area contributed by atoms with Gasteiger partial charge in [-0.3, -0.25) is 19.2 Å². The van der Waals surface area contributed by atoms with Gasteiger partial charge in [0.1, 0.15) is 0 Å². The molecule has 0 spiro atoms. The summed E-state index contributed by atoms with van der Waals surface area (Å²) in [4.78, 5) is 50.1. The van der Waals surface area contributed by atoms with Gasteiger partial charge >= 0.3 is 23.9 Å². The van der Waals surface area contributed by atoms with Crippen LogP contribution in [0.3, 0.4) is 0 Å². The lowest BCUT2D eigenvalue weighted by Gasteiger charge is -2.31. The molecule has 3 rings (SSSR count). The average molecular weight is 667 g/mol. The number of aliphatic carboxylic acids is 4. The molecule has 10 heteroatoms. The smallest absolute Gasteiger partial charge is 0.313 e. The van der Waals surface area contributed by atoms with Gasteiger partial charge in [-0.1, -0.05) is 36.4 Å². The van der Waals surface area contributed by atoms with Gasteiger partial charge in [0.05, 0.1) is 21.7 Å². The van der Waals surface area contributed by atoms with E-state index in [1.54, 1.807) is 67.5 Å². The summed E-state index contributed by atoms with van der Waals surface area (Å²) in [6.07, 6.45) is 0. The Hall–Kier alpha value is -3.76. The summed E-state index contributed by atoms with van der Waals surface area (Å²) in [5, 5.41) is 39.6. The van der Waals surface area contributed by atoms with Crippen LogP contribution in [0.25, 0.3) is 22.3 Å². The van der Waals surface area contributed by atoms with Crippen LogP contribution in [0, 0.1) is 10.8 Å². The summed E-state index contributed by atoms with van der Waals surface area (Å²) in [7, 11) is 0. The van der Waals surface area contributed by atoms with E-state index < -0.39 is 45.5 Å². The predicted octanol–water partition coefficient (Wildman–Crippen LogP) is 8.15. The van der Waals surface area contributed by atoms with E-state index in [1.165, 1.54) is 23.5 Å². The highest BCUT2D eigenvalue weighted by Gasteiger charge is 2.38. The lowest BCUT2D eigenvalue weighted by atomic mass is 9.72. The van der Waals surface area contributed by atoms with Gasteiger partial charge in [0, 0.05) is 21.3 Å². The number of thioether (sulfide) groups is 2. The fourth-order valence-electron chi connectivity index (χ4n) is 4.56. The molecule has 0 aliphatic heterocycles. The maximum atomic E-state index is 12.6. The second-order valence-electron chi connectivity index (χ2n) is 13.8. The molecule has 0 bridgehead atoms. The third-order valence-corrected chi connectivity index (χ3v) is 11.2. The Morgan fingerprint density at radius 1 is 0.478 bits per heavy atom. The second kappa shape index (κ2) is 13.5.